The van der Waals surface area contributed by atoms with Crippen LogP contribution in [0.15, 0.2) is 11.6 Å². The first-order chi connectivity index (χ1) is 35.0. The van der Waals surface area contributed by atoms with Gasteiger partial charge in [-0.05, 0) is 98.7 Å². The summed E-state index contributed by atoms with van der Waals surface area (Å²) in [5, 5.41) is 149. The van der Waals surface area contributed by atoms with Gasteiger partial charge in [0.2, 0.25) is 0 Å². The number of hydrogen-bond donors (Lipinski definition) is 14. The highest BCUT2D eigenvalue weighted by Crippen LogP contribution is 2.70. The molecule has 0 bridgehead atoms. The molecule has 31 atom stereocenters. The summed E-state index contributed by atoms with van der Waals surface area (Å²) < 4.78 is 54.7. The summed E-state index contributed by atoms with van der Waals surface area (Å²) in [5.74, 6) is -0.351. The zero-order valence-corrected chi connectivity index (χ0v) is 42.9. The number of ether oxygens (including phenoxy) is 9. The topological polar surface area (TPSA) is 366 Å². The lowest BCUT2D eigenvalue weighted by Crippen LogP contribution is -2.67. The molecule has 5 aliphatic heterocycles. The molecular weight excluding hydrogens is 981 g/mol. The monoisotopic (exact) mass is 1060 g/mol. The van der Waals surface area contributed by atoms with Crippen molar-refractivity contribution in [2.75, 3.05) is 26.4 Å². The van der Waals surface area contributed by atoms with Crippen LogP contribution in [0.4, 0.5) is 0 Å². The molecule has 0 radical (unpaired) electrons. The lowest BCUT2D eigenvalue weighted by molar-refractivity contribution is -0.394. The molecule has 0 aromatic heterocycles. The van der Waals surface area contributed by atoms with Crippen LogP contribution < -0.4 is 0 Å². The third kappa shape index (κ3) is 10.2. The van der Waals surface area contributed by atoms with Gasteiger partial charge in [-0.1, -0.05) is 39.3 Å². The Morgan fingerprint density at radius 2 is 1.20 bits per heavy atom. The van der Waals surface area contributed by atoms with Crippen molar-refractivity contribution in [1.82, 2.24) is 0 Å². The van der Waals surface area contributed by atoms with E-state index in [2.05, 4.69) is 26.8 Å². The first-order valence-electron chi connectivity index (χ1n) is 26.9. The van der Waals surface area contributed by atoms with Gasteiger partial charge >= 0.3 is 0 Å². The molecule has 5 saturated heterocycles. The van der Waals surface area contributed by atoms with Crippen molar-refractivity contribution in [3.63, 3.8) is 0 Å². The van der Waals surface area contributed by atoms with Crippen LogP contribution in [0.1, 0.15) is 92.4 Å². The molecule has 23 heteroatoms. The van der Waals surface area contributed by atoms with E-state index in [1.54, 1.807) is 0 Å². The highest BCUT2D eigenvalue weighted by molar-refractivity contribution is 5.26. The van der Waals surface area contributed by atoms with Crippen LogP contribution in [0.2, 0.25) is 0 Å². The van der Waals surface area contributed by atoms with E-state index in [4.69, 9.17) is 42.6 Å². The van der Waals surface area contributed by atoms with Gasteiger partial charge in [0, 0.05) is 12.3 Å². The second-order valence-corrected chi connectivity index (χ2v) is 23.8. The molecule has 0 aromatic carbocycles. The van der Waals surface area contributed by atoms with Gasteiger partial charge in [-0.2, -0.15) is 0 Å². The van der Waals surface area contributed by atoms with Gasteiger partial charge in [-0.15, -0.1) is 0 Å². The Bertz CT molecular complexity index is 1920. The van der Waals surface area contributed by atoms with Crippen LogP contribution in [-0.4, -0.2) is 239 Å². The molecule has 23 nitrogen and oxygen atoms in total. The van der Waals surface area contributed by atoms with E-state index in [0.717, 1.165) is 32.1 Å². The highest BCUT2D eigenvalue weighted by atomic mass is 16.8. The first kappa shape index (κ1) is 57.5. The van der Waals surface area contributed by atoms with Crippen LogP contribution in [0.3, 0.4) is 0 Å². The van der Waals surface area contributed by atoms with Crippen LogP contribution in [0, 0.1) is 46.3 Å². The molecule has 0 spiro atoms. The van der Waals surface area contributed by atoms with Crippen LogP contribution in [-0.2, 0) is 42.6 Å². The second kappa shape index (κ2) is 22.4. The minimum atomic E-state index is -1.88. The summed E-state index contributed by atoms with van der Waals surface area (Å²) in [5.41, 5.74) is 0.989. The average molecular weight is 1070 g/mol. The van der Waals surface area contributed by atoms with Crippen LogP contribution in [0.25, 0.3) is 0 Å². The van der Waals surface area contributed by atoms with Gasteiger partial charge in [0.05, 0.1) is 44.7 Å². The second-order valence-electron chi connectivity index (χ2n) is 23.8. The minimum absolute atomic E-state index is 0.0769. The lowest BCUT2D eigenvalue weighted by Gasteiger charge is -2.58. The molecule has 4 aliphatic carbocycles. The molecule has 74 heavy (non-hydrogen) atoms. The van der Waals surface area contributed by atoms with Gasteiger partial charge in [-0.25, -0.2) is 0 Å². The van der Waals surface area contributed by atoms with E-state index in [-0.39, 0.29) is 41.3 Å². The van der Waals surface area contributed by atoms with Crippen molar-refractivity contribution in [2.45, 2.75) is 233 Å². The van der Waals surface area contributed by atoms with E-state index in [0.29, 0.717) is 43.4 Å². The molecule has 0 aromatic rings. The zero-order valence-electron chi connectivity index (χ0n) is 42.9. The first-order valence-corrected chi connectivity index (χ1v) is 26.9. The number of hydrogen-bond acceptors (Lipinski definition) is 23. The molecule has 426 valence electrons. The molecular formula is C51H84O23. The van der Waals surface area contributed by atoms with Crippen molar-refractivity contribution in [3.8, 4) is 0 Å². The fraction of sp³-hybridized carbons (Fsp3) is 0.961. The quantitative estimate of drug-likeness (QED) is 0.0727. The number of allylic oxidation sites excluding steroid dienone is 1. The van der Waals surface area contributed by atoms with E-state index < -0.39 is 155 Å². The van der Waals surface area contributed by atoms with Crippen molar-refractivity contribution >= 4 is 0 Å². The SMILES string of the molecule is C[C@H](CC[C@@]1(O)O[C@H]2C[C@H]3[C@@H]4CC=C5C[C@@H](O[C@H]6O[C@H](CO)[C@@H](O)[C@H](O[C@@H]7O[C@H](CO)[C@@H](O)[C@H](O)[C@H]7O)[C@H]6O[C@@H]6O[C@@H](C)[C@H](O)[C@H](O)[C@H]6O)CC[C@]5(C)[C@H]4CC[C@]3(C)[C@H]2[C@H]1C)CO[C@@H]1O[C@H](CO)[C@@H](O)[C@H](O)[C@H]1O. The van der Waals surface area contributed by atoms with E-state index in [1.165, 1.54) is 12.5 Å². The molecule has 5 heterocycles. The van der Waals surface area contributed by atoms with Gasteiger partial charge < -0.3 is 114 Å². The highest BCUT2D eigenvalue weighted by Gasteiger charge is 2.68. The van der Waals surface area contributed by atoms with E-state index >= 15 is 0 Å². The van der Waals surface area contributed by atoms with Gasteiger partial charge in [-0.3, -0.25) is 0 Å². The Kier molecular flexibility index (Phi) is 17.4. The maximum absolute atomic E-state index is 12.1. The summed E-state index contributed by atoms with van der Waals surface area (Å²) in [6.45, 7) is 8.33. The Hall–Kier alpha value is -1.18. The maximum atomic E-state index is 12.1. The van der Waals surface area contributed by atoms with Crippen molar-refractivity contribution < 1.29 is 114 Å². The number of fused-ring (bicyclic) bond motifs is 7. The number of aliphatic hydroxyl groups excluding tert-OH is 13. The average Bonchev–Trinajstić information content (AvgIpc) is 3.82. The van der Waals surface area contributed by atoms with Gasteiger partial charge in [0.25, 0.3) is 0 Å². The fourth-order valence-corrected chi connectivity index (χ4v) is 15.0. The standard InChI is InChI=1S/C51H84O23/c1-20(19-66-45-40(62)38(60)34(56)29(16-52)69-45)8-13-51(65)21(2)32-28(74-51)15-27-25-7-6-23-14-24(9-11-49(23,4)26(25)10-12-50(27,32)5)68-48-44(73-46-41(63)37(59)33(55)22(3)67-46)43(36(58)31(18-54)71-48)72-47-42(64)39(61)35(57)30(17-53)70-47/h6,20-22,24-48,52-65H,7-19H2,1-5H3/t20-,21-,22+,24+,25-,26+,27+,28+,29-,30-,31-,32+,33+,34-,35-,36-,37+,38+,39+,40-,41-,42-,43+,44-,45-,46+,47+,48+,49+,50+,51-/m1/s1. The smallest absolute Gasteiger partial charge is 0.187 e. The predicted octanol–water partition coefficient (Wildman–Crippen LogP) is -3.01. The summed E-state index contributed by atoms with van der Waals surface area (Å²) >= 11 is 0. The molecule has 14 N–H and O–H groups in total. The Morgan fingerprint density at radius 1 is 0.635 bits per heavy atom. The minimum Gasteiger partial charge on any atom is -0.394 e. The Morgan fingerprint density at radius 3 is 1.85 bits per heavy atom. The normalized spacial score (nSPS) is 54.9. The largest absolute Gasteiger partial charge is 0.394 e. The molecule has 3 saturated carbocycles. The number of rotatable bonds is 15. The Labute approximate surface area is 430 Å². The molecule has 9 rings (SSSR count). The van der Waals surface area contributed by atoms with Crippen molar-refractivity contribution in [2.24, 2.45) is 46.3 Å². The fourth-order valence-electron chi connectivity index (χ4n) is 15.0. The third-order valence-electron chi connectivity index (χ3n) is 19.5. The summed E-state index contributed by atoms with van der Waals surface area (Å²) in [6.07, 6.45) is -22.5. The molecule has 0 unspecified atom stereocenters. The molecule has 9 aliphatic rings. The number of aliphatic hydroxyl groups is 14. The summed E-state index contributed by atoms with van der Waals surface area (Å²) in [4.78, 5) is 0. The zero-order chi connectivity index (χ0) is 53.5. The van der Waals surface area contributed by atoms with Crippen molar-refractivity contribution in [3.05, 3.63) is 11.6 Å². The summed E-state index contributed by atoms with van der Waals surface area (Å²) in [7, 11) is 0. The van der Waals surface area contributed by atoms with Gasteiger partial charge in [0.1, 0.15) is 91.6 Å². The third-order valence-corrected chi connectivity index (χ3v) is 19.5. The molecule has 0 amide bonds. The van der Waals surface area contributed by atoms with Crippen LogP contribution in [0.5, 0.6) is 0 Å². The van der Waals surface area contributed by atoms with Gasteiger partial charge in [0.15, 0.2) is 30.9 Å². The maximum Gasteiger partial charge on any atom is 0.187 e. The van der Waals surface area contributed by atoms with Crippen LogP contribution >= 0.6 is 0 Å². The van der Waals surface area contributed by atoms with Crippen molar-refractivity contribution in [1.29, 1.82) is 0 Å². The Balaban J connectivity index is 0.864. The van der Waals surface area contributed by atoms with E-state index in [9.17, 15) is 71.5 Å². The predicted molar refractivity (Wildman–Crippen MR) is 250 cm³/mol. The lowest BCUT2D eigenvalue weighted by atomic mass is 9.47. The van der Waals surface area contributed by atoms with E-state index in [1.807, 2.05) is 6.92 Å². The molecule has 8 fully saturated rings. The summed E-state index contributed by atoms with van der Waals surface area (Å²) in [6, 6.07) is 0.